The predicted octanol–water partition coefficient (Wildman–Crippen LogP) is 0.705. The van der Waals surface area contributed by atoms with Crippen LogP contribution in [0.4, 0.5) is 0 Å². The van der Waals surface area contributed by atoms with Crippen LogP contribution in [0.25, 0.3) is 0 Å². The molecule has 0 radical (unpaired) electrons. The molecule has 10 heavy (non-hydrogen) atoms. The number of nitrogens with zero attached hydrogens (tertiary/aromatic N) is 2. The minimum absolute atomic E-state index is 0.195. The molecule has 0 aliphatic carbocycles. The van der Waals surface area contributed by atoms with Crippen molar-refractivity contribution >= 4 is 0 Å². The summed E-state index contributed by atoms with van der Waals surface area (Å²) >= 11 is 0. The van der Waals surface area contributed by atoms with Crippen LogP contribution in [0.3, 0.4) is 0 Å². The molecule has 0 aromatic heterocycles. The lowest BCUT2D eigenvalue weighted by atomic mass is 10.1. The van der Waals surface area contributed by atoms with Gasteiger partial charge in [-0.15, -0.1) is 0 Å². The van der Waals surface area contributed by atoms with Gasteiger partial charge in [-0.3, -0.25) is 10.1 Å². The average Bonchev–Trinajstić information content (AvgIpc) is 1.88. The van der Waals surface area contributed by atoms with Gasteiger partial charge in [0.05, 0.1) is 0 Å². The summed E-state index contributed by atoms with van der Waals surface area (Å²) in [6, 6.07) is 0. The standard InChI is InChI=1S/C6H12N2O2/c1-7-5-3-2-4-6(7)8(9)10/h6H,2-5H2,1H3/t6-/m0/s1. The molecule has 0 N–H and O–H groups in total. The summed E-state index contributed by atoms with van der Waals surface area (Å²) in [5, 5.41) is 10.3. The van der Waals surface area contributed by atoms with Gasteiger partial charge in [-0.1, -0.05) is 0 Å². The minimum atomic E-state index is -0.422. The second kappa shape index (κ2) is 2.96. The van der Waals surface area contributed by atoms with Gasteiger partial charge in [0, 0.05) is 17.9 Å². The largest absolute Gasteiger partial charge is 0.268 e. The molecule has 0 aromatic rings. The number of rotatable bonds is 1. The zero-order chi connectivity index (χ0) is 7.56. The van der Waals surface area contributed by atoms with Crippen molar-refractivity contribution in [3.8, 4) is 0 Å². The molecule has 4 nitrogen and oxygen atoms in total. The maximum Gasteiger partial charge on any atom is 0.268 e. The van der Waals surface area contributed by atoms with Gasteiger partial charge in [0.1, 0.15) is 0 Å². The molecule has 1 rings (SSSR count). The molecule has 1 atom stereocenters. The second-order valence-corrected chi connectivity index (χ2v) is 2.74. The van der Waals surface area contributed by atoms with Crippen molar-refractivity contribution in [2.45, 2.75) is 25.4 Å². The second-order valence-electron chi connectivity index (χ2n) is 2.74. The molecule has 0 spiro atoms. The Kier molecular flexibility index (Phi) is 2.21. The van der Waals surface area contributed by atoms with Crippen LogP contribution in [0, 0.1) is 10.1 Å². The topological polar surface area (TPSA) is 46.4 Å². The van der Waals surface area contributed by atoms with Crippen LogP contribution in [0.5, 0.6) is 0 Å². The summed E-state index contributed by atoms with van der Waals surface area (Å²) in [7, 11) is 1.81. The molecule has 1 aliphatic rings. The van der Waals surface area contributed by atoms with Crippen LogP contribution in [0.15, 0.2) is 0 Å². The van der Waals surface area contributed by atoms with Crippen LogP contribution < -0.4 is 0 Å². The summed E-state index contributed by atoms with van der Waals surface area (Å²) in [6.45, 7) is 0.867. The number of nitro groups is 1. The van der Waals surface area contributed by atoms with Gasteiger partial charge in [-0.25, -0.2) is 4.90 Å². The maximum absolute atomic E-state index is 10.3. The van der Waals surface area contributed by atoms with Gasteiger partial charge in [-0.2, -0.15) is 0 Å². The molecule has 0 unspecified atom stereocenters. The summed E-state index contributed by atoms with van der Waals surface area (Å²) in [4.78, 5) is 11.9. The first-order valence-electron chi connectivity index (χ1n) is 3.55. The first kappa shape index (κ1) is 7.47. The summed E-state index contributed by atoms with van der Waals surface area (Å²) in [5.74, 6) is 0. The van der Waals surface area contributed by atoms with Crippen LogP contribution in [-0.4, -0.2) is 29.6 Å². The highest BCUT2D eigenvalue weighted by atomic mass is 16.6. The van der Waals surface area contributed by atoms with Crippen molar-refractivity contribution in [1.29, 1.82) is 0 Å². The third-order valence-electron chi connectivity index (χ3n) is 1.98. The minimum Gasteiger partial charge on any atom is -0.263 e. The first-order chi connectivity index (χ1) is 4.72. The molecule has 0 amide bonds. The van der Waals surface area contributed by atoms with Gasteiger partial charge >= 0.3 is 0 Å². The predicted molar refractivity (Wildman–Crippen MR) is 37.3 cm³/mol. The average molecular weight is 144 g/mol. The molecule has 0 saturated carbocycles. The monoisotopic (exact) mass is 144 g/mol. The fourth-order valence-corrected chi connectivity index (χ4v) is 1.32. The van der Waals surface area contributed by atoms with E-state index < -0.39 is 6.17 Å². The molecular weight excluding hydrogens is 132 g/mol. The molecule has 0 bridgehead atoms. The Morgan fingerprint density at radius 1 is 1.60 bits per heavy atom. The van der Waals surface area contributed by atoms with E-state index in [0.717, 1.165) is 19.4 Å². The fourth-order valence-electron chi connectivity index (χ4n) is 1.32. The van der Waals surface area contributed by atoms with Gasteiger partial charge in [0.2, 0.25) is 0 Å². The molecule has 1 fully saturated rings. The Morgan fingerprint density at radius 2 is 2.30 bits per heavy atom. The summed E-state index contributed by atoms with van der Waals surface area (Å²) < 4.78 is 0. The van der Waals surface area contributed by atoms with E-state index in [2.05, 4.69) is 0 Å². The van der Waals surface area contributed by atoms with E-state index in [9.17, 15) is 10.1 Å². The van der Waals surface area contributed by atoms with Crippen molar-refractivity contribution in [3.05, 3.63) is 10.1 Å². The Morgan fingerprint density at radius 3 is 2.70 bits per heavy atom. The number of hydrogen-bond donors (Lipinski definition) is 0. The van der Waals surface area contributed by atoms with Crippen molar-refractivity contribution in [1.82, 2.24) is 4.90 Å². The molecular formula is C6H12N2O2. The van der Waals surface area contributed by atoms with E-state index in [1.54, 1.807) is 0 Å². The summed E-state index contributed by atoms with van der Waals surface area (Å²) in [6.07, 6.45) is 2.38. The van der Waals surface area contributed by atoms with Crippen LogP contribution in [0.1, 0.15) is 19.3 Å². The van der Waals surface area contributed by atoms with E-state index in [1.165, 1.54) is 0 Å². The molecule has 1 saturated heterocycles. The maximum atomic E-state index is 10.3. The molecule has 1 aliphatic heterocycles. The van der Waals surface area contributed by atoms with E-state index in [4.69, 9.17) is 0 Å². The van der Waals surface area contributed by atoms with E-state index >= 15 is 0 Å². The first-order valence-corrected chi connectivity index (χ1v) is 3.55. The molecule has 1 heterocycles. The van der Waals surface area contributed by atoms with E-state index in [1.807, 2.05) is 11.9 Å². The lowest BCUT2D eigenvalue weighted by Gasteiger charge is -2.25. The highest BCUT2D eigenvalue weighted by Crippen LogP contribution is 2.14. The van der Waals surface area contributed by atoms with Crippen LogP contribution in [-0.2, 0) is 0 Å². The number of piperidine rings is 1. The lowest BCUT2D eigenvalue weighted by molar-refractivity contribution is -0.552. The van der Waals surface area contributed by atoms with Crippen molar-refractivity contribution in [2.24, 2.45) is 0 Å². The highest BCUT2D eigenvalue weighted by Gasteiger charge is 2.27. The van der Waals surface area contributed by atoms with Crippen LogP contribution >= 0.6 is 0 Å². The van der Waals surface area contributed by atoms with Gasteiger partial charge < -0.3 is 0 Å². The number of hydrogen-bond acceptors (Lipinski definition) is 3. The smallest absolute Gasteiger partial charge is 0.263 e. The zero-order valence-electron chi connectivity index (χ0n) is 6.12. The molecule has 0 aromatic carbocycles. The van der Waals surface area contributed by atoms with E-state index in [-0.39, 0.29) is 4.92 Å². The third-order valence-corrected chi connectivity index (χ3v) is 1.98. The van der Waals surface area contributed by atoms with E-state index in [0.29, 0.717) is 6.42 Å². The lowest BCUT2D eigenvalue weighted by Crippen LogP contribution is -2.41. The summed E-state index contributed by atoms with van der Waals surface area (Å²) in [5.41, 5.74) is 0. The quantitative estimate of drug-likeness (QED) is 0.402. The normalized spacial score (nSPS) is 28.3. The van der Waals surface area contributed by atoms with Crippen LogP contribution in [0.2, 0.25) is 0 Å². The van der Waals surface area contributed by atoms with Gasteiger partial charge in [0.15, 0.2) is 0 Å². The Hall–Kier alpha value is -0.640. The highest BCUT2D eigenvalue weighted by molar-refractivity contribution is 4.64. The Labute approximate surface area is 60.0 Å². The SMILES string of the molecule is CN1CCCC[C@@H]1[N+](=O)[O-]. The third kappa shape index (κ3) is 1.44. The zero-order valence-corrected chi connectivity index (χ0v) is 6.12. The van der Waals surface area contributed by atoms with Crippen molar-refractivity contribution in [2.75, 3.05) is 13.6 Å². The number of likely N-dealkylation sites (tertiary alicyclic amines) is 1. The fraction of sp³-hybridized carbons (Fsp3) is 1.00. The van der Waals surface area contributed by atoms with Crippen molar-refractivity contribution in [3.63, 3.8) is 0 Å². The van der Waals surface area contributed by atoms with Crippen molar-refractivity contribution < 1.29 is 4.92 Å². The molecule has 4 heteroatoms. The molecule has 58 valence electrons. The Balaban J connectivity index is 2.47. The van der Waals surface area contributed by atoms with Gasteiger partial charge in [-0.05, 0) is 19.9 Å². The van der Waals surface area contributed by atoms with Gasteiger partial charge in [0.25, 0.3) is 6.17 Å². The Bertz CT molecular complexity index is 138.